The third-order valence-electron chi connectivity index (χ3n) is 5.50. The largest absolute Gasteiger partial charge is 0.454 e. The fraction of sp³-hybridized carbons (Fsp3) is 0.320. The van der Waals surface area contributed by atoms with Gasteiger partial charge in [-0.1, -0.05) is 49.4 Å². The van der Waals surface area contributed by atoms with E-state index in [-0.39, 0.29) is 30.4 Å². The van der Waals surface area contributed by atoms with Gasteiger partial charge >= 0.3 is 0 Å². The molecule has 2 aliphatic heterocycles. The number of carbonyl (C=O) groups excluding carboxylic acids is 2. The van der Waals surface area contributed by atoms with E-state index in [1.54, 1.807) is 11.0 Å². The van der Waals surface area contributed by atoms with Crippen LogP contribution in [0.4, 0.5) is 5.69 Å². The lowest BCUT2D eigenvalue weighted by atomic mass is 10.1. The minimum Gasteiger partial charge on any atom is -0.454 e. The first-order valence-corrected chi connectivity index (χ1v) is 12.0. The molecule has 0 aromatic heterocycles. The summed E-state index contributed by atoms with van der Waals surface area (Å²) in [6.45, 7) is 6.28. The Balaban J connectivity index is 1.59. The van der Waals surface area contributed by atoms with Crippen LogP contribution in [0.15, 0.2) is 53.2 Å². The standard InChI is InChI=1S/C25H27N3O4S/c1-4-18(5-2)26-23(29)14-33-25-27-20(12-17-8-11-21-22(13-17)32-15-31-21)24(30)28(25)19-9-6-16(3)7-10-19/h6-13,18H,4-5,14-15H2,1-3H3,(H,26,29). The highest BCUT2D eigenvalue weighted by Gasteiger charge is 2.32. The maximum absolute atomic E-state index is 13.3. The van der Waals surface area contributed by atoms with Gasteiger partial charge in [0.25, 0.3) is 5.91 Å². The predicted molar refractivity (Wildman–Crippen MR) is 132 cm³/mol. The lowest BCUT2D eigenvalue weighted by molar-refractivity contribution is -0.119. The second-order valence-electron chi connectivity index (χ2n) is 7.88. The lowest BCUT2D eigenvalue weighted by Crippen LogP contribution is -2.36. The predicted octanol–water partition coefficient (Wildman–Crippen LogP) is 4.51. The Kier molecular flexibility index (Phi) is 7.03. The molecule has 0 bridgehead atoms. The molecule has 2 aliphatic rings. The van der Waals surface area contributed by atoms with Crippen LogP contribution in [-0.2, 0) is 9.59 Å². The molecule has 0 fully saturated rings. The lowest BCUT2D eigenvalue weighted by Gasteiger charge is -2.19. The summed E-state index contributed by atoms with van der Waals surface area (Å²) in [7, 11) is 0. The normalized spacial score (nSPS) is 16.0. The van der Waals surface area contributed by atoms with E-state index in [4.69, 9.17) is 9.47 Å². The molecule has 0 saturated heterocycles. The van der Waals surface area contributed by atoms with Crippen LogP contribution in [0.1, 0.15) is 37.8 Å². The van der Waals surface area contributed by atoms with Gasteiger partial charge in [0.2, 0.25) is 12.7 Å². The minimum absolute atomic E-state index is 0.0686. The van der Waals surface area contributed by atoms with Crippen molar-refractivity contribution >= 4 is 40.5 Å². The molecule has 0 aliphatic carbocycles. The topological polar surface area (TPSA) is 80.2 Å². The number of hydrogen-bond acceptors (Lipinski definition) is 6. The average Bonchev–Trinajstić information content (AvgIpc) is 3.41. The highest BCUT2D eigenvalue weighted by Crippen LogP contribution is 2.34. The first kappa shape index (κ1) is 22.9. The Morgan fingerprint density at radius 2 is 1.88 bits per heavy atom. The van der Waals surface area contributed by atoms with Gasteiger partial charge in [0, 0.05) is 6.04 Å². The molecule has 2 amide bonds. The molecule has 7 nitrogen and oxygen atoms in total. The number of hydrogen-bond donors (Lipinski definition) is 1. The van der Waals surface area contributed by atoms with Gasteiger partial charge in [-0.3, -0.25) is 14.5 Å². The fourth-order valence-corrected chi connectivity index (χ4v) is 4.39. The molecule has 2 heterocycles. The summed E-state index contributed by atoms with van der Waals surface area (Å²) in [6, 6.07) is 13.3. The molecule has 1 N–H and O–H groups in total. The van der Waals surface area contributed by atoms with E-state index >= 15 is 0 Å². The van der Waals surface area contributed by atoms with Gasteiger partial charge in [-0.05, 0) is 55.7 Å². The van der Waals surface area contributed by atoms with Crippen LogP contribution in [-0.4, -0.2) is 35.6 Å². The zero-order valence-electron chi connectivity index (χ0n) is 19.0. The first-order chi connectivity index (χ1) is 16.0. The highest BCUT2D eigenvalue weighted by atomic mass is 32.2. The summed E-state index contributed by atoms with van der Waals surface area (Å²) < 4.78 is 10.8. The van der Waals surface area contributed by atoms with Crippen LogP contribution in [0.5, 0.6) is 11.5 Å². The molecule has 0 radical (unpaired) electrons. The van der Waals surface area contributed by atoms with Crippen LogP contribution in [0, 0.1) is 6.92 Å². The van der Waals surface area contributed by atoms with Crippen LogP contribution in [0.25, 0.3) is 6.08 Å². The fourth-order valence-electron chi connectivity index (χ4n) is 3.57. The van der Waals surface area contributed by atoms with Gasteiger partial charge in [0.05, 0.1) is 11.4 Å². The summed E-state index contributed by atoms with van der Waals surface area (Å²) in [5, 5.41) is 3.51. The molecule has 0 spiro atoms. The summed E-state index contributed by atoms with van der Waals surface area (Å²) in [4.78, 5) is 31.9. The van der Waals surface area contributed by atoms with Crippen molar-refractivity contribution in [1.82, 2.24) is 5.32 Å². The monoisotopic (exact) mass is 465 g/mol. The number of thioether (sulfide) groups is 1. The Hall–Kier alpha value is -3.26. The Labute approximate surface area is 197 Å². The maximum Gasteiger partial charge on any atom is 0.283 e. The number of amides is 2. The maximum atomic E-state index is 13.3. The number of benzene rings is 2. The van der Waals surface area contributed by atoms with Gasteiger partial charge in [-0.25, -0.2) is 4.99 Å². The quantitative estimate of drug-likeness (QED) is 0.609. The number of carbonyl (C=O) groups is 2. The number of aliphatic imine (C=N–C) groups is 1. The van der Waals surface area contributed by atoms with Crippen molar-refractivity contribution in [2.75, 3.05) is 17.4 Å². The van der Waals surface area contributed by atoms with E-state index in [1.807, 2.05) is 63.2 Å². The van der Waals surface area contributed by atoms with Gasteiger partial charge in [-0.15, -0.1) is 0 Å². The third kappa shape index (κ3) is 5.22. The molecular weight excluding hydrogens is 438 g/mol. The molecule has 2 aromatic carbocycles. The number of nitrogens with zero attached hydrogens (tertiary/aromatic N) is 2. The number of amidine groups is 1. The van der Waals surface area contributed by atoms with E-state index < -0.39 is 0 Å². The number of rotatable bonds is 7. The van der Waals surface area contributed by atoms with Gasteiger partial charge < -0.3 is 14.8 Å². The Morgan fingerprint density at radius 3 is 2.61 bits per heavy atom. The van der Waals surface area contributed by atoms with E-state index in [0.717, 1.165) is 24.0 Å². The number of anilines is 1. The first-order valence-electron chi connectivity index (χ1n) is 11.0. The van der Waals surface area contributed by atoms with Crippen LogP contribution >= 0.6 is 11.8 Å². The second kappa shape index (κ2) is 10.1. The zero-order valence-corrected chi connectivity index (χ0v) is 19.8. The molecular formula is C25H27N3O4S. The molecule has 0 atom stereocenters. The molecule has 0 unspecified atom stereocenters. The third-order valence-corrected chi connectivity index (χ3v) is 6.44. The molecule has 2 aromatic rings. The van der Waals surface area contributed by atoms with Crippen LogP contribution in [0.3, 0.4) is 0 Å². The molecule has 172 valence electrons. The zero-order chi connectivity index (χ0) is 23.4. The second-order valence-corrected chi connectivity index (χ2v) is 8.82. The van der Waals surface area contributed by atoms with Crippen molar-refractivity contribution in [3.8, 4) is 11.5 Å². The van der Waals surface area contributed by atoms with Crippen molar-refractivity contribution in [2.45, 2.75) is 39.7 Å². The molecule has 4 rings (SSSR count). The summed E-state index contributed by atoms with van der Waals surface area (Å²) in [5.74, 6) is 1.20. The Bertz CT molecular complexity index is 1110. The van der Waals surface area contributed by atoms with Crippen LogP contribution in [0.2, 0.25) is 0 Å². The smallest absolute Gasteiger partial charge is 0.283 e. The van der Waals surface area contributed by atoms with Gasteiger partial charge in [-0.2, -0.15) is 0 Å². The number of ether oxygens (including phenoxy) is 2. The van der Waals surface area contributed by atoms with E-state index in [2.05, 4.69) is 10.3 Å². The number of aryl methyl sites for hydroxylation is 1. The van der Waals surface area contributed by atoms with Crippen LogP contribution < -0.4 is 19.7 Å². The van der Waals surface area contributed by atoms with E-state index in [1.165, 1.54) is 11.8 Å². The number of nitrogens with one attached hydrogen (secondary N) is 1. The SMILES string of the molecule is CCC(CC)NC(=O)CSC1=NC(=Cc2ccc3c(c2)OCO3)C(=O)N1c1ccc(C)cc1. The number of fused-ring (bicyclic) bond motifs is 1. The molecule has 8 heteroatoms. The molecule has 0 saturated carbocycles. The summed E-state index contributed by atoms with van der Waals surface area (Å²) in [6.07, 6.45) is 3.48. The average molecular weight is 466 g/mol. The van der Waals surface area contributed by atoms with Crippen molar-refractivity contribution in [3.05, 3.63) is 59.3 Å². The molecule has 33 heavy (non-hydrogen) atoms. The van der Waals surface area contributed by atoms with Gasteiger partial charge in [0.15, 0.2) is 16.7 Å². The summed E-state index contributed by atoms with van der Waals surface area (Å²) in [5.41, 5.74) is 2.90. The van der Waals surface area contributed by atoms with Crippen molar-refractivity contribution in [3.63, 3.8) is 0 Å². The van der Waals surface area contributed by atoms with Gasteiger partial charge in [0.1, 0.15) is 5.70 Å². The summed E-state index contributed by atoms with van der Waals surface area (Å²) >= 11 is 1.26. The van der Waals surface area contributed by atoms with E-state index in [9.17, 15) is 9.59 Å². The van der Waals surface area contributed by atoms with Crippen molar-refractivity contribution in [2.24, 2.45) is 4.99 Å². The van der Waals surface area contributed by atoms with Crippen molar-refractivity contribution < 1.29 is 19.1 Å². The van der Waals surface area contributed by atoms with Crippen molar-refractivity contribution in [1.29, 1.82) is 0 Å². The van der Waals surface area contributed by atoms with E-state index in [0.29, 0.717) is 28.1 Å². The minimum atomic E-state index is -0.237. The Morgan fingerprint density at radius 1 is 1.15 bits per heavy atom. The highest BCUT2D eigenvalue weighted by molar-refractivity contribution is 8.14.